The van der Waals surface area contributed by atoms with Gasteiger partial charge in [0.25, 0.3) is 0 Å². The summed E-state index contributed by atoms with van der Waals surface area (Å²) >= 11 is 0. The molecule has 0 bridgehead atoms. The van der Waals surface area contributed by atoms with E-state index in [1.807, 2.05) is 5.09 Å². The van der Waals surface area contributed by atoms with Gasteiger partial charge >= 0.3 is 0 Å². The van der Waals surface area contributed by atoms with Crippen LogP contribution in [0.5, 0.6) is 0 Å². The molecule has 0 rings (SSSR count). The maximum atomic E-state index is 11.6. The van der Waals surface area contributed by atoms with Crippen LogP contribution in [0.4, 0.5) is 4.39 Å². The van der Waals surface area contributed by atoms with Crippen LogP contribution in [-0.2, 0) is 4.57 Å². The third-order valence-electron chi connectivity index (χ3n) is 0.409. The number of aliphatic hydroxyl groups excluding tert-OH is 1. The summed E-state index contributed by atoms with van der Waals surface area (Å²) in [4.78, 5) is 0. The number of alkyl halides is 1. The zero-order valence-electron chi connectivity index (χ0n) is 3.60. The smallest absolute Gasteiger partial charge is 0.179 e. The number of hydrogen-bond acceptors (Lipinski definition) is 2. The maximum absolute atomic E-state index is 11.6. The lowest BCUT2D eigenvalue weighted by Gasteiger charge is -1.96. The van der Waals surface area contributed by atoms with Gasteiger partial charge in [-0.2, -0.15) is 0 Å². The topological polar surface area (TPSA) is 49.3 Å². The van der Waals surface area contributed by atoms with E-state index in [0.29, 0.717) is 0 Å². The molecule has 0 radical (unpaired) electrons. The fraction of sp³-hybridized carbons (Fsp3) is 1.00. The molecule has 0 aromatic rings. The molecule has 0 fully saturated rings. The molecular formula is C2H7FNO2P. The molecule has 0 spiro atoms. The number of halogens is 1. The third kappa shape index (κ3) is 3.92. The third-order valence-corrected chi connectivity index (χ3v) is 0.907. The molecule has 0 heterocycles. The molecule has 0 amide bonds. The molecule has 7 heavy (non-hydrogen) atoms. The van der Waals surface area contributed by atoms with E-state index >= 15 is 0 Å². The molecule has 0 aliphatic rings. The second-order valence-electron chi connectivity index (χ2n) is 0.935. The van der Waals surface area contributed by atoms with Crippen molar-refractivity contribution in [3.8, 4) is 0 Å². The molecule has 0 aliphatic heterocycles. The zero-order chi connectivity index (χ0) is 5.70. The highest BCUT2D eigenvalue weighted by Crippen LogP contribution is 1.88. The molecule has 0 saturated heterocycles. The van der Waals surface area contributed by atoms with Crippen molar-refractivity contribution in [1.82, 2.24) is 5.09 Å². The lowest BCUT2D eigenvalue weighted by Crippen LogP contribution is -2.18. The van der Waals surface area contributed by atoms with Crippen molar-refractivity contribution >= 4 is 8.61 Å². The van der Waals surface area contributed by atoms with Gasteiger partial charge in [0, 0.05) is 0 Å². The highest BCUT2D eigenvalue weighted by atomic mass is 31.1. The lowest BCUT2D eigenvalue weighted by atomic mass is 10.7. The average molecular weight is 127 g/mol. The molecule has 2 unspecified atom stereocenters. The van der Waals surface area contributed by atoms with Crippen molar-refractivity contribution in [1.29, 1.82) is 0 Å². The zero-order valence-corrected chi connectivity index (χ0v) is 4.75. The maximum Gasteiger partial charge on any atom is 0.179 e. The van der Waals surface area contributed by atoms with Crippen molar-refractivity contribution in [2.24, 2.45) is 0 Å². The van der Waals surface area contributed by atoms with Crippen LogP contribution < -0.4 is 5.09 Å². The van der Waals surface area contributed by atoms with Gasteiger partial charge in [-0.25, -0.2) is 9.48 Å². The van der Waals surface area contributed by atoms with Crippen LogP contribution in [0.25, 0.3) is 0 Å². The fourth-order valence-corrected chi connectivity index (χ4v) is 0.380. The Labute approximate surface area is 41.8 Å². The minimum absolute atomic E-state index is 0.616. The van der Waals surface area contributed by atoms with E-state index in [2.05, 4.69) is 0 Å². The fourth-order valence-electron chi connectivity index (χ4n) is 0.127. The van der Waals surface area contributed by atoms with Crippen molar-refractivity contribution in [2.75, 3.05) is 6.61 Å². The summed E-state index contributed by atoms with van der Waals surface area (Å²) in [6.45, 7) is -0.616. The van der Waals surface area contributed by atoms with Gasteiger partial charge in [0.05, 0.1) is 6.61 Å². The van der Waals surface area contributed by atoms with Gasteiger partial charge in [-0.15, -0.1) is 0 Å². The highest BCUT2D eigenvalue weighted by molar-refractivity contribution is 7.21. The Morgan fingerprint density at radius 1 is 2.00 bits per heavy atom. The molecule has 0 aliphatic carbocycles. The Hall–Kier alpha value is 0.0800. The quantitative estimate of drug-likeness (QED) is 0.398. The molecule has 5 heteroatoms. The predicted molar refractivity (Wildman–Crippen MR) is 25.5 cm³/mol. The minimum Gasteiger partial charge on any atom is -0.392 e. The number of aliphatic hydroxyl groups is 1. The summed E-state index contributed by atoms with van der Waals surface area (Å²) in [5.41, 5.74) is 0. The molecular weight excluding hydrogens is 120 g/mol. The molecule has 0 aromatic heterocycles. The summed E-state index contributed by atoms with van der Waals surface area (Å²) in [7, 11) is -1.28. The van der Waals surface area contributed by atoms with Crippen LogP contribution in [-0.4, -0.2) is 18.0 Å². The summed E-state index contributed by atoms with van der Waals surface area (Å²) in [5, 5.41) is 9.81. The Morgan fingerprint density at radius 2 is 2.57 bits per heavy atom. The molecule has 2 N–H and O–H groups in total. The van der Waals surface area contributed by atoms with Gasteiger partial charge < -0.3 is 9.67 Å². The van der Waals surface area contributed by atoms with Crippen molar-refractivity contribution < 1.29 is 14.1 Å². The SMILES string of the molecule is O=[PH2]NC(F)CO. The standard InChI is InChI=1S/C2H7FNO2P/c3-2(1-5)4-7-6/h2,5H,1,7H2,(H,4,6). The van der Waals surface area contributed by atoms with Crippen LogP contribution in [0.2, 0.25) is 0 Å². The first-order valence-corrected chi connectivity index (χ1v) is 2.80. The van der Waals surface area contributed by atoms with E-state index < -0.39 is 21.5 Å². The van der Waals surface area contributed by atoms with Crippen molar-refractivity contribution in [2.45, 2.75) is 6.30 Å². The molecule has 44 valence electrons. The molecule has 2 atom stereocenters. The van der Waals surface area contributed by atoms with Crippen LogP contribution >= 0.6 is 8.61 Å². The van der Waals surface area contributed by atoms with Crippen LogP contribution in [0.3, 0.4) is 0 Å². The summed E-state index contributed by atoms with van der Waals surface area (Å²) in [6.07, 6.45) is -1.52. The first-order chi connectivity index (χ1) is 3.31. The second kappa shape index (κ2) is 4.24. The van der Waals surface area contributed by atoms with E-state index in [1.165, 1.54) is 0 Å². The van der Waals surface area contributed by atoms with Crippen LogP contribution in [0, 0.1) is 0 Å². The Morgan fingerprint density at radius 3 is 2.71 bits per heavy atom. The number of rotatable bonds is 3. The van der Waals surface area contributed by atoms with Crippen molar-refractivity contribution in [3.63, 3.8) is 0 Å². The van der Waals surface area contributed by atoms with Crippen LogP contribution in [0.15, 0.2) is 0 Å². The first-order valence-electron chi connectivity index (χ1n) is 1.76. The number of hydrogen-bond donors (Lipinski definition) is 2. The van der Waals surface area contributed by atoms with E-state index in [9.17, 15) is 8.96 Å². The van der Waals surface area contributed by atoms with Gasteiger partial charge in [0.15, 0.2) is 6.30 Å². The van der Waals surface area contributed by atoms with Crippen molar-refractivity contribution in [3.05, 3.63) is 0 Å². The van der Waals surface area contributed by atoms with E-state index in [4.69, 9.17) is 5.11 Å². The van der Waals surface area contributed by atoms with Gasteiger partial charge in [-0.05, 0) is 0 Å². The normalized spacial score (nSPS) is 15.7. The van der Waals surface area contributed by atoms with E-state index in [1.54, 1.807) is 0 Å². The molecule has 3 nitrogen and oxygen atoms in total. The van der Waals surface area contributed by atoms with Crippen LogP contribution in [0.1, 0.15) is 0 Å². The van der Waals surface area contributed by atoms with Gasteiger partial charge in [0.1, 0.15) is 8.61 Å². The average Bonchev–Trinajstić information content (AvgIpc) is 1.68. The first kappa shape index (κ1) is 7.08. The van der Waals surface area contributed by atoms with Gasteiger partial charge in [0.2, 0.25) is 0 Å². The predicted octanol–water partition coefficient (Wildman–Crippen LogP) is -0.465. The number of nitrogens with one attached hydrogen (secondary N) is 1. The second-order valence-corrected chi connectivity index (χ2v) is 1.50. The summed E-state index contributed by atoms with van der Waals surface area (Å²) in [5.74, 6) is 0. The monoisotopic (exact) mass is 127 g/mol. The molecule has 0 saturated carbocycles. The summed E-state index contributed by atoms with van der Waals surface area (Å²) in [6, 6.07) is 0. The molecule has 0 aromatic carbocycles. The summed E-state index contributed by atoms with van der Waals surface area (Å²) < 4.78 is 21.1. The Bertz CT molecular complexity index is 61.7. The lowest BCUT2D eigenvalue weighted by molar-refractivity contribution is 0.170. The Balaban J connectivity index is 2.98. The largest absolute Gasteiger partial charge is 0.392 e. The highest BCUT2D eigenvalue weighted by Gasteiger charge is 1.96. The van der Waals surface area contributed by atoms with Gasteiger partial charge in [-0.3, -0.25) is 0 Å². The van der Waals surface area contributed by atoms with Gasteiger partial charge in [-0.1, -0.05) is 0 Å². The Kier molecular flexibility index (Phi) is 4.29. The van der Waals surface area contributed by atoms with E-state index in [0.717, 1.165) is 0 Å². The van der Waals surface area contributed by atoms with E-state index in [-0.39, 0.29) is 0 Å². The minimum atomic E-state index is -1.52.